The van der Waals surface area contributed by atoms with Gasteiger partial charge in [-0.1, -0.05) is 43.0 Å². The van der Waals surface area contributed by atoms with Crippen LogP contribution in [-0.4, -0.2) is 18.7 Å². The van der Waals surface area contributed by atoms with E-state index in [4.69, 9.17) is 16.3 Å². The Morgan fingerprint density at radius 1 is 1.32 bits per heavy atom. The number of ether oxygens (including phenoxy) is 1. The van der Waals surface area contributed by atoms with Crippen molar-refractivity contribution in [2.75, 3.05) is 6.54 Å². The smallest absolute Gasteiger partial charge is 0.0721 e. The molecule has 0 aliphatic heterocycles. The summed E-state index contributed by atoms with van der Waals surface area (Å²) in [5.74, 6) is 0. The van der Waals surface area contributed by atoms with Crippen LogP contribution in [0.2, 0.25) is 5.02 Å². The second-order valence-electron chi connectivity index (χ2n) is 5.49. The van der Waals surface area contributed by atoms with Crippen LogP contribution < -0.4 is 5.32 Å². The predicted octanol–water partition coefficient (Wildman–Crippen LogP) is 4.17. The van der Waals surface area contributed by atoms with Gasteiger partial charge in [-0.05, 0) is 37.5 Å². The Hall–Kier alpha value is -0.570. The second-order valence-corrected chi connectivity index (χ2v) is 5.93. The third kappa shape index (κ3) is 5.52. The van der Waals surface area contributed by atoms with Gasteiger partial charge in [-0.15, -0.1) is 0 Å². The van der Waals surface area contributed by atoms with Crippen LogP contribution in [0.1, 0.15) is 44.6 Å². The Bertz CT molecular complexity index is 377. The molecule has 0 saturated heterocycles. The summed E-state index contributed by atoms with van der Waals surface area (Å²) in [5.41, 5.74) is 1.14. The van der Waals surface area contributed by atoms with Gasteiger partial charge in [0.2, 0.25) is 0 Å². The molecule has 1 aliphatic carbocycles. The van der Waals surface area contributed by atoms with Gasteiger partial charge in [0.05, 0.1) is 12.7 Å². The van der Waals surface area contributed by atoms with E-state index in [1.165, 1.54) is 32.1 Å². The molecule has 2 nitrogen and oxygen atoms in total. The maximum atomic E-state index is 5.95. The van der Waals surface area contributed by atoms with Crippen molar-refractivity contribution in [1.82, 2.24) is 5.32 Å². The first-order valence-electron chi connectivity index (χ1n) is 7.33. The zero-order valence-electron chi connectivity index (χ0n) is 11.7. The van der Waals surface area contributed by atoms with Crippen LogP contribution >= 0.6 is 11.6 Å². The predicted molar refractivity (Wildman–Crippen MR) is 80.6 cm³/mol. The summed E-state index contributed by atoms with van der Waals surface area (Å²) < 4.78 is 5.85. The van der Waals surface area contributed by atoms with Crippen molar-refractivity contribution in [2.24, 2.45) is 0 Å². The number of rotatable bonds is 6. The molecule has 2 rings (SSSR count). The van der Waals surface area contributed by atoms with E-state index >= 15 is 0 Å². The molecule has 0 bridgehead atoms. The van der Waals surface area contributed by atoms with E-state index in [2.05, 4.69) is 12.2 Å². The molecule has 1 fully saturated rings. The highest BCUT2D eigenvalue weighted by atomic mass is 35.5. The van der Waals surface area contributed by atoms with E-state index < -0.39 is 0 Å². The molecule has 0 aromatic heterocycles. The summed E-state index contributed by atoms with van der Waals surface area (Å²) in [7, 11) is 0. The largest absolute Gasteiger partial charge is 0.373 e. The van der Waals surface area contributed by atoms with Crippen LogP contribution in [0.5, 0.6) is 0 Å². The molecule has 19 heavy (non-hydrogen) atoms. The van der Waals surface area contributed by atoms with Gasteiger partial charge in [-0.25, -0.2) is 0 Å². The van der Waals surface area contributed by atoms with Crippen LogP contribution in [0.15, 0.2) is 24.3 Å². The summed E-state index contributed by atoms with van der Waals surface area (Å²) in [6, 6.07) is 8.56. The lowest BCUT2D eigenvalue weighted by molar-refractivity contribution is 0.0504. The van der Waals surface area contributed by atoms with Crippen molar-refractivity contribution >= 4 is 11.6 Å². The highest BCUT2D eigenvalue weighted by Crippen LogP contribution is 2.17. The molecule has 1 N–H and O–H groups in total. The molecule has 0 heterocycles. The van der Waals surface area contributed by atoms with Crippen molar-refractivity contribution in [1.29, 1.82) is 0 Å². The average Bonchev–Trinajstić information content (AvgIpc) is 2.44. The van der Waals surface area contributed by atoms with Crippen LogP contribution in [0.3, 0.4) is 0 Å². The molecule has 0 spiro atoms. The maximum Gasteiger partial charge on any atom is 0.0721 e. The molecule has 1 saturated carbocycles. The fraction of sp³-hybridized carbons (Fsp3) is 0.625. The lowest BCUT2D eigenvalue weighted by atomic mass is 9.95. The minimum Gasteiger partial charge on any atom is -0.373 e. The van der Waals surface area contributed by atoms with Gasteiger partial charge in [0.25, 0.3) is 0 Å². The number of hydrogen-bond donors (Lipinski definition) is 1. The fourth-order valence-electron chi connectivity index (χ4n) is 2.56. The van der Waals surface area contributed by atoms with E-state index in [1.807, 2.05) is 24.3 Å². The number of benzene rings is 1. The van der Waals surface area contributed by atoms with Gasteiger partial charge in [-0.2, -0.15) is 0 Å². The van der Waals surface area contributed by atoms with Crippen LogP contribution in [0, 0.1) is 0 Å². The zero-order chi connectivity index (χ0) is 13.5. The summed E-state index contributed by atoms with van der Waals surface area (Å²) in [4.78, 5) is 0. The van der Waals surface area contributed by atoms with E-state index in [-0.39, 0.29) is 6.10 Å². The minimum absolute atomic E-state index is 0.237. The first-order valence-corrected chi connectivity index (χ1v) is 7.71. The van der Waals surface area contributed by atoms with Crippen molar-refractivity contribution in [3.63, 3.8) is 0 Å². The summed E-state index contributed by atoms with van der Waals surface area (Å²) in [6.07, 6.45) is 7.02. The summed E-state index contributed by atoms with van der Waals surface area (Å²) >= 11 is 5.95. The minimum atomic E-state index is 0.237. The van der Waals surface area contributed by atoms with Crippen LogP contribution in [0.25, 0.3) is 0 Å². The van der Waals surface area contributed by atoms with E-state index in [0.29, 0.717) is 12.6 Å². The van der Waals surface area contributed by atoms with E-state index in [1.54, 1.807) is 0 Å². The molecule has 3 heteroatoms. The molecule has 1 aliphatic rings. The molecule has 1 unspecified atom stereocenters. The summed E-state index contributed by atoms with van der Waals surface area (Å²) in [6.45, 7) is 3.69. The number of hydrogen-bond acceptors (Lipinski definition) is 2. The Balaban J connectivity index is 1.65. The van der Waals surface area contributed by atoms with Crippen molar-refractivity contribution < 1.29 is 4.74 Å². The first kappa shape index (κ1) is 14.8. The van der Waals surface area contributed by atoms with Gasteiger partial charge in [-0.3, -0.25) is 0 Å². The third-order valence-electron chi connectivity index (χ3n) is 3.72. The molecule has 1 aromatic rings. The van der Waals surface area contributed by atoms with Crippen LogP contribution in [0.4, 0.5) is 0 Å². The Labute approximate surface area is 121 Å². The van der Waals surface area contributed by atoms with E-state index in [9.17, 15) is 0 Å². The molecular weight excluding hydrogens is 258 g/mol. The Morgan fingerprint density at radius 3 is 2.84 bits per heavy atom. The average molecular weight is 282 g/mol. The first-order chi connectivity index (χ1) is 9.24. The highest BCUT2D eigenvalue weighted by molar-refractivity contribution is 6.30. The quantitative estimate of drug-likeness (QED) is 0.845. The molecule has 106 valence electrons. The van der Waals surface area contributed by atoms with Gasteiger partial charge < -0.3 is 10.1 Å². The maximum absolute atomic E-state index is 5.95. The molecule has 1 atom stereocenters. The Morgan fingerprint density at radius 2 is 2.11 bits per heavy atom. The number of halogens is 1. The normalized spacial score (nSPS) is 18.4. The van der Waals surface area contributed by atoms with Gasteiger partial charge in [0.15, 0.2) is 0 Å². The van der Waals surface area contributed by atoms with E-state index in [0.717, 1.165) is 17.1 Å². The molecule has 0 amide bonds. The SMILES string of the molecule is CC(CNC1CCCCC1)OCc1cccc(Cl)c1. The fourth-order valence-corrected chi connectivity index (χ4v) is 2.78. The standard InChI is InChI=1S/C16H24ClNO/c1-13(11-18-16-8-3-2-4-9-16)19-12-14-6-5-7-15(17)10-14/h5-7,10,13,16,18H,2-4,8-9,11-12H2,1H3. The molecule has 1 aromatic carbocycles. The second kappa shape index (κ2) is 7.88. The number of nitrogens with one attached hydrogen (secondary N) is 1. The zero-order valence-corrected chi connectivity index (χ0v) is 12.5. The van der Waals surface area contributed by atoms with Crippen molar-refractivity contribution in [3.8, 4) is 0 Å². The van der Waals surface area contributed by atoms with Gasteiger partial charge in [0.1, 0.15) is 0 Å². The molecular formula is C16H24ClNO. The van der Waals surface area contributed by atoms with Crippen molar-refractivity contribution in [3.05, 3.63) is 34.9 Å². The highest BCUT2D eigenvalue weighted by Gasteiger charge is 2.13. The lowest BCUT2D eigenvalue weighted by Crippen LogP contribution is -2.36. The summed E-state index contributed by atoms with van der Waals surface area (Å²) in [5, 5.41) is 4.39. The van der Waals surface area contributed by atoms with Crippen molar-refractivity contribution in [2.45, 2.75) is 57.8 Å². The van der Waals surface area contributed by atoms with Crippen LogP contribution in [-0.2, 0) is 11.3 Å². The van der Waals surface area contributed by atoms with Gasteiger partial charge in [0, 0.05) is 17.6 Å². The Kier molecular flexibility index (Phi) is 6.15. The third-order valence-corrected chi connectivity index (χ3v) is 3.96. The monoisotopic (exact) mass is 281 g/mol. The topological polar surface area (TPSA) is 21.3 Å². The van der Waals surface area contributed by atoms with Gasteiger partial charge >= 0.3 is 0 Å². The lowest BCUT2D eigenvalue weighted by Gasteiger charge is -2.24. The molecule has 0 radical (unpaired) electrons.